The molecule has 0 atom stereocenters. The summed E-state index contributed by atoms with van der Waals surface area (Å²) in [5, 5.41) is 4.58. The van der Waals surface area contributed by atoms with E-state index in [1.807, 2.05) is 18.2 Å². The van der Waals surface area contributed by atoms with E-state index in [0.717, 1.165) is 0 Å². The first-order chi connectivity index (χ1) is 12.0. The first-order valence-electron chi connectivity index (χ1n) is 7.59. The molecule has 126 valence electrons. The lowest BCUT2D eigenvalue weighted by molar-refractivity contribution is -0.106. The maximum Gasteiger partial charge on any atom is 0.218 e. The van der Waals surface area contributed by atoms with Gasteiger partial charge in [-0.1, -0.05) is 35.0 Å². The van der Waals surface area contributed by atoms with Gasteiger partial charge in [0.1, 0.15) is 11.4 Å². The highest BCUT2D eigenvalue weighted by molar-refractivity contribution is 6.33. The Morgan fingerprint density at radius 3 is 2.44 bits per heavy atom. The van der Waals surface area contributed by atoms with Crippen molar-refractivity contribution >= 4 is 35.2 Å². The molecule has 0 saturated heterocycles. The molecule has 1 amide bonds. The summed E-state index contributed by atoms with van der Waals surface area (Å²) >= 11 is 6.26. The van der Waals surface area contributed by atoms with Crippen LogP contribution in [0.25, 0.3) is 11.3 Å². The van der Waals surface area contributed by atoms with Gasteiger partial charge in [-0.25, -0.2) is 0 Å². The molecule has 1 heterocycles. The number of aryl methyl sites for hydroxylation is 1. The van der Waals surface area contributed by atoms with Crippen LogP contribution in [0.15, 0.2) is 53.1 Å². The number of amides is 1. The molecule has 6 heteroatoms. The quantitative estimate of drug-likeness (QED) is 0.487. The van der Waals surface area contributed by atoms with Crippen LogP contribution < -0.4 is 4.90 Å². The number of hydrogen-bond donors (Lipinski definition) is 0. The van der Waals surface area contributed by atoms with Crippen LogP contribution in [0.4, 0.5) is 11.4 Å². The minimum Gasteiger partial charge on any atom is -0.359 e. The smallest absolute Gasteiger partial charge is 0.218 e. The highest BCUT2D eigenvalue weighted by Crippen LogP contribution is 2.39. The Bertz CT molecular complexity index is 932. The SMILES string of the molecule is CC(=O)c1ccc(N(C=O)c2c(-c3ccccc3Cl)noc2C)cc1. The van der Waals surface area contributed by atoms with E-state index in [2.05, 4.69) is 5.16 Å². The van der Waals surface area contributed by atoms with Crippen molar-refractivity contribution in [2.45, 2.75) is 13.8 Å². The highest BCUT2D eigenvalue weighted by atomic mass is 35.5. The van der Waals surface area contributed by atoms with Crippen molar-refractivity contribution in [2.24, 2.45) is 0 Å². The molecule has 0 unspecified atom stereocenters. The van der Waals surface area contributed by atoms with Crippen LogP contribution in [0.5, 0.6) is 0 Å². The van der Waals surface area contributed by atoms with E-state index in [-0.39, 0.29) is 5.78 Å². The molecular formula is C19H15ClN2O3. The predicted molar refractivity (Wildman–Crippen MR) is 96.3 cm³/mol. The highest BCUT2D eigenvalue weighted by Gasteiger charge is 2.23. The molecule has 0 spiro atoms. The van der Waals surface area contributed by atoms with Gasteiger partial charge in [0.25, 0.3) is 0 Å². The molecule has 0 fully saturated rings. The van der Waals surface area contributed by atoms with E-state index in [1.54, 1.807) is 37.3 Å². The van der Waals surface area contributed by atoms with E-state index in [9.17, 15) is 9.59 Å². The number of carbonyl (C=O) groups excluding carboxylic acids is 2. The molecule has 25 heavy (non-hydrogen) atoms. The zero-order chi connectivity index (χ0) is 18.0. The second-order valence-corrected chi connectivity index (χ2v) is 5.90. The molecule has 5 nitrogen and oxygen atoms in total. The number of benzene rings is 2. The largest absolute Gasteiger partial charge is 0.359 e. The number of anilines is 2. The second kappa shape index (κ2) is 6.91. The van der Waals surface area contributed by atoms with Crippen LogP contribution in [0.1, 0.15) is 23.0 Å². The van der Waals surface area contributed by atoms with E-state index in [1.165, 1.54) is 11.8 Å². The van der Waals surface area contributed by atoms with Crippen molar-refractivity contribution in [3.63, 3.8) is 0 Å². The number of Topliss-reactive ketones (excluding diaryl/α,β-unsaturated/α-hetero) is 1. The minimum atomic E-state index is -0.0397. The van der Waals surface area contributed by atoms with Crippen LogP contribution in [0.2, 0.25) is 5.02 Å². The topological polar surface area (TPSA) is 63.4 Å². The van der Waals surface area contributed by atoms with Gasteiger partial charge in [0.2, 0.25) is 6.41 Å². The zero-order valence-corrected chi connectivity index (χ0v) is 14.4. The molecule has 0 bridgehead atoms. The number of aromatic nitrogens is 1. The Labute approximate surface area is 149 Å². The Balaban J connectivity index is 2.11. The summed E-state index contributed by atoms with van der Waals surface area (Å²) in [6.07, 6.45) is 0.683. The van der Waals surface area contributed by atoms with Gasteiger partial charge in [0.15, 0.2) is 11.5 Å². The molecule has 1 aromatic heterocycles. The zero-order valence-electron chi connectivity index (χ0n) is 13.7. The fourth-order valence-electron chi connectivity index (χ4n) is 2.58. The van der Waals surface area contributed by atoms with Crippen molar-refractivity contribution in [1.29, 1.82) is 0 Å². The van der Waals surface area contributed by atoms with Crippen molar-refractivity contribution in [3.8, 4) is 11.3 Å². The number of hydrogen-bond acceptors (Lipinski definition) is 4. The average Bonchev–Trinajstić information content (AvgIpc) is 2.98. The Morgan fingerprint density at radius 1 is 1.16 bits per heavy atom. The molecule has 0 aliphatic rings. The first kappa shape index (κ1) is 16.9. The molecule has 0 aliphatic heterocycles. The average molecular weight is 355 g/mol. The fourth-order valence-corrected chi connectivity index (χ4v) is 2.81. The van der Waals surface area contributed by atoms with Crippen LogP contribution in [0, 0.1) is 6.92 Å². The number of rotatable bonds is 5. The van der Waals surface area contributed by atoms with Crippen LogP contribution >= 0.6 is 11.6 Å². The number of carbonyl (C=O) groups is 2. The van der Waals surface area contributed by atoms with E-state index in [4.69, 9.17) is 16.1 Å². The van der Waals surface area contributed by atoms with Gasteiger partial charge in [0, 0.05) is 16.8 Å². The van der Waals surface area contributed by atoms with E-state index in [0.29, 0.717) is 45.4 Å². The van der Waals surface area contributed by atoms with Gasteiger partial charge in [-0.2, -0.15) is 0 Å². The minimum absolute atomic E-state index is 0.0397. The van der Waals surface area contributed by atoms with Gasteiger partial charge >= 0.3 is 0 Å². The molecule has 0 aliphatic carbocycles. The van der Waals surface area contributed by atoms with E-state index >= 15 is 0 Å². The standard InChI is InChI=1S/C19H15ClN2O3/c1-12(24)14-7-9-15(10-8-14)22(11-23)19-13(2)25-21-18(19)16-5-3-4-6-17(16)20/h3-11H,1-2H3. The van der Waals surface area contributed by atoms with Crippen LogP contribution in [-0.2, 0) is 4.79 Å². The summed E-state index contributed by atoms with van der Waals surface area (Å²) in [4.78, 5) is 24.7. The fraction of sp³-hybridized carbons (Fsp3) is 0.105. The summed E-state index contributed by atoms with van der Waals surface area (Å²) in [7, 11) is 0. The third kappa shape index (κ3) is 3.19. The molecule has 2 aromatic carbocycles. The molecule has 0 radical (unpaired) electrons. The van der Waals surface area contributed by atoms with Gasteiger partial charge in [-0.05, 0) is 44.2 Å². The predicted octanol–water partition coefficient (Wildman–Crippen LogP) is 4.80. The number of nitrogens with zero attached hydrogens (tertiary/aromatic N) is 2. The summed E-state index contributed by atoms with van der Waals surface area (Å²) in [6.45, 7) is 3.22. The van der Waals surface area contributed by atoms with Crippen molar-refractivity contribution < 1.29 is 14.1 Å². The summed E-state index contributed by atoms with van der Waals surface area (Å²) in [5.74, 6) is 0.444. The van der Waals surface area contributed by atoms with E-state index < -0.39 is 0 Å². The Morgan fingerprint density at radius 2 is 1.84 bits per heavy atom. The number of ketones is 1. The third-order valence-corrected chi connectivity index (χ3v) is 4.19. The molecule has 3 aromatic rings. The second-order valence-electron chi connectivity index (χ2n) is 5.49. The lowest BCUT2D eigenvalue weighted by atomic mass is 10.1. The Kier molecular flexibility index (Phi) is 4.67. The van der Waals surface area contributed by atoms with Crippen molar-refractivity contribution in [1.82, 2.24) is 5.16 Å². The van der Waals surface area contributed by atoms with Crippen LogP contribution in [0.3, 0.4) is 0 Å². The van der Waals surface area contributed by atoms with Gasteiger partial charge < -0.3 is 4.52 Å². The van der Waals surface area contributed by atoms with Crippen molar-refractivity contribution in [2.75, 3.05) is 4.90 Å². The number of halogens is 1. The van der Waals surface area contributed by atoms with Crippen LogP contribution in [-0.4, -0.2) is 17.4 Å². The maximum absolute atomic E-state index is 11.8. The summed E-state index contributed by atoms with van der Waals surface area (Å²) in [5.41, 5.74) is 2.83. The van der Waals surface area contributed by atoms with Crippen molar-refractivity contribution in [3.05, 3.63) is 64.9 Å². The third-order valence-electron chi connectivity index (χ3n) is 3.86. The Hall–Kier alpha value is -2.92. The molecule has 0 saturated carbocycles. The maximum atomic E-state index is 11.8. The van der Waals surface area contributed by atoms with Gasteiger partial charge in [0.05, 0.1) is 5.02 Å². The lowest BCUT2D eigenvalue weighted by Gasteiger charge is -2.18. The molecular weight excluding hydrogens is 340 g/mol. The first-order valence-corrected chi connectivity index (χ1v) is 7.97. The normalized spacial score (nSPS) is 10.5. The molecule has 0 N–H and O–H groups in total. The molecule has 3 rings (SSSR count). The summed E-state index contributed by atoms with van der Waals surface area (Å²) < 4.78 is 5.31. The summed E-state index contributed by atoms with van der Waals surface area (Å²) in [6, 6.07) is 14.0. The van der Waals surface area contributed by atoms with Gasteiger partial charge in [-0.3, -0.25) is 14.5 Å². The lowest BCUT2D eigenvalue weighted by Crippen LogP contribution is -2.15. The van der Waals surface area contributed by atoms with Gasteiger partial charge in [-0.15, -0.1) is 0 Å². The monoisotopic (exact) mass is 354 g/mol.